The Morgan fingerprint density at radius 1 is 1.29 bits per heavy atom. The van der Waals surface area contributed by atoms with Gasteiger partial charge in [0, 0.05) is 19.4 Å². The summed E-state index contributed by atoms with van der Waals surface area (Å²) in [6.07, 6.45) is 5.06. The van der Waals surface area contributed by atoms with Crippen molar-refractivity contribution in [3.05, 3.63) is 60.2 Å². The number of carbonyl (C=O) groups is 1. The van der Waals surface area contributed by atoms with E-state index in [9.17, 15) is 4.79 Å². The molecule has 6 nitrogen and oxygen atoms in total. The molecule has 0 spiro atoms. The van der Waals surface area contributed by atoms with Crippen LogP contribution in [-0.2, 0) is 11.3 Å². The summed E-state index contributed by atoms with van der Waals surface area (Å²) in [7, 11) is 0. The van der Waals surface area contributed by atoms with E-state index in [-0.39, 0.29) is 12.1 Å². The third kappa shape index (κ3) is 4.76. The Labute approximate surface area is 141 Å². The maximum atomic E-state index is 12.3. The van der Waals surface area contributed by atoms with Crippen molar-refractivity contribution < 1.29 is 9.53 Å². The third-order valence-corrected chi connectivity index (χ3v) is 4.17. The molecule has 1 saturated heterocycles. The molecule has 2 atom stereocenters. The highest BCUT2D eigenvalue weighted by Gasteiger charge is 2.23. The zero-order chi connectivity index (χ0) is 16.6. The highest BCUT2D eigenvalue weighted by molar-refractivity contribution is 5.74. The molecule has 2 aromatic rings. The second-order valence-corrected chi connectivity index (χ2v) is 5.96. The lowest BCUT2D eigenvalue weighted by molar-refractivity contribution is 0.181. The van der Waals surface area contributed by atoms with Crippen LogP contribution in [0.3, 0.4) is 0 Å². The average Bonchev–Trinajstić information content (AvgIpc) is 3.14. The van der Waals surface area contributed by atoms with E-state index in [0.717, 1.165) is 37.3 Å². The predicted octanol–water partition coefficient (Wildman–Crippen LogP) is 2.44. The van der Waals surface area contributed by atoms with Gasteiger partial charge in [-0.05, 0) is 30.4 Å². The van der Waals surface area contributed by atoms with Gasteiger partial charge in [0.1, 0.15) is 6.33 Å². The number of aromatic nitrogens is 2. The zero-order valence-electron chi connectivity index (χ0n) is 13.5. The summed E-state index contributed by atoms with van der Waals surface area (Å²) >= 11 is 0. The first-order chi connectivity index (χ1) is 11.8. The van der Waals surface area contributed by atoms with Crippen LogP contribution >= 0.6 is 0 Å². The van der Waals surface area contributed by atoms with E-state index in [4.69, 9.17) is 4.74 Å². The second kappa shape index (κ2) is 8.40. The summed E-state index contributed by atoms with van der Waals surface area (Å²) in [6, 6.07) is 11.6. The van der Waals surface area contributed by atoms with Gasteiger partial charge in [-0.15, -0.1) is 0 Å². The third-order valence-electron chi connectivity index (χ3n) is 4.17. The number of urea groups is 1. The number of hydrogen-bond donors (Lipinski definition) is 2. The SMILES string of the molecule is O=C(NCc1ccncn1)NC(CC1CCOC1)c1ccccc1. The molecule has 1 fully saturated rings. The first kappa shape index (κ1) is 16.4. The van der Waals surface area contributed by atoms with Gasteiger partial charge in [-0.3, -0.25) is 0 Å². The molecule has 0 bridgehead atoms. The maximum absolute atomic E-state index is 12.3. The van der Waals surface area contributed by atoms with E-state index in [0.29, 0.717) is 12.5 Å². The monoisotopic (exact) mass is 326 g/mol. The highest BCUT2D eigenvalue weighted by Crippen LogP contribution is 2.26. The van der Waals surface area contributed by atoms with Gasteiger partial charge in [0.2, 0.25) is 0 Å². The lowest BCUT2D eigenvalue weighted by atomic mass is 9.94. The Bertz CT molecular complexity index is 630. The number of nitrogens with one attached hydrogen (secondary N) is 2. The molecule has 0 saturated carbocycles. The van der Waals surface area contributed by atoms with E-state index in [1.54, 1.807) is 12.3 Å². The summed E-state index contributed by atoms with van der Waals surface area (Å²) < 4.78 is 5.46. The van der Waals surface area contributed by atoms with Crippen LogP contribution in [0.15, 0.2) is 48.9 Å². The quantitative estimate of drug-likeness (QED) is 0.855. The van der Waals surface area contributed by atoms with Crippen LogP contribution in [0, 0.1) is 5.92 Å². The average molecular weight is 326 g/mol. The fourth-order valence-electron chi connectivity index (χ4n) is 2.87. The summed E-state index contributed by atoms with van der Waals surface area (Å²) in [5.41, 5.74) is 1.89. The minimum atomic E-state index is -0.193. The number of ether oxygens (including phenoxy) is 1. The Hall–Kier alpha value is -2.47. The number of benzene rings is 1. The fourth-order valence-corrected chi connectivity index (χ4v) is 2.87. The predicted molar refractivity (Wildman–Crippen MR) is 90.1 cm³/mol. The molecule has 2 heterocycles. The number of nitrogens with zero attached hydrogens (tertiary/aromatic N) is 2. The minimum absolute atomic E-state index is 0.0247. The lowest BCUT2D eigenvalue weighted by Gasteiger charge is -2.22. The van der Waals surface area contributed by atoms with Crippen LogP contribution in [0.5, 0.6) is 0 Å². The second-order valence-electron chi connectivity index (χ2n) is 5.96. The summed E-state index contributed by atoms with van der Waals surface area (Å²) in [6.45, 7) is 1.96. The molecule has 0 aliphatic carbocycles. The standard InChI is InChI=1S/C18H22N4O2/c23-18(20-11-16-6-8-19-13-21-16)22-17(10-14-7-9-24-12-14)15-4-2-1-3-5-15/h1-6,8,13-14,17H,7,9-12H2,(H2,20,22,23). The molecule has 1 aromatic heterocycles. The molecule has 1 aliphatic rings. The van der Waals surface area contributed by atoms with E-state index < -0.39 is 0 Å². The molecule has 2 N–H and O–H groups in total. The largest absolute Gasteiger partial charge is 0.381 e. The van der Waals surface area contributed by atoms with E-state index in [1.165, 1.54) is 6.33 Å². The van der Waals surface area contributed by atoms with Gasteiger partial charge in [0.15, 0.2) is 0 Å². The summed E-state index contributed by atoms with van der Waals surface area (Å²) in [5, 5.41) is 5.93. The van der Waals surface area contributed by atoms with Crippen molar-refractivity contribution in [1.29, 1.82) is 0 Å². The molecule has 2 amide bonds. The van der Waals surface area contributed by atoms with Gasteiger partial charge in [0.05, 0.1) is 18.3 Å². The fraction of sp³-hybridized carbons (Fsp3) is 0.389. The lowest BCUT2D eigenvalue weighted by Crippen LogP contribution is -2.38. The van der Waals surface area contributed by atoms with Crippen molar-refractivity contribution in [2.75, 3.05) is 13.2 Å². The Morgan fingerprint density at radius 3 is 2.88 bits per heavy atom. The molecular formula is C18H22N4O2. The normalized spacial score (nSPS) is 18.1. The topological polar surface area (TPSA) is 76.1 Å². The zero-order valence-corrected chi connectivity index (χ0v) is 13.5. The Balaban J connectivity index is 1.59. The van der Waals surface area contributed by atoms with Crippen molar-refractivity contribution in [1.82, 2.24) is 20.6 Å². The van der Waals surface area contributed by atoms with Gasteiger partial charge in [-0.25, -0.2) is 14.8 Å². The summed E-state index contributed by atoms with van der Waals surface area (Å²) in [4.78, 5) is 20.2. The minimum Gasteiger partial charge on any atom is -0.381 e. The van der Waals surface area contributed by atoms with Crippen molar-refractivity contribution in [2.45, 2.75) is 25.4 Å². The van der Waals surface area contributed by atoms with Gasteiger partial charge >= 0.3 is 6.03 Å². The molecule has 3 rings (SSSR count). The van der Waals surface area contributed by atoms with Crippen molar-refractivity contribution in [2.24, 2.45) is 5.92 Å². The number of carbonyl (C=O) groups excluding carboxylic acids is 1. The Kier molecular flexibility index (Phi) is 5.74. The van der Waals surface area contributed by atoms with Gasteiger partial charge in [-0.2, -0.15) is 0 Å². The van der Waals surface area contributed by atoms with Crippen molar-refractivity contribution in [3.63, 3.8) is 0 Å². The molecule has 0 radical (unpaired) electrons. The molecule has 126 valence electrons. The Morgan fingerprint density at radius 2 is 2.17 bits per heavy atom. The molecule has 24 heavy (non-hydrogen) atoms. The van der Waals surface area contributed by atoms with Crippen LogP contribution in [-0.4, -0.2) is 29.2 Å². The number of amides is 2. The van der Waals surface area contributed by atoms with Crippen molar-refractivity contribution >= 4 is 6.03 Å². The molecular weight excluding hydrogens is 304 g/mol. The molecule has 2 unspecified atom stereocenters. The maximum Gasteiger partial charge on any atom is 0.315 e. The van der Waals surface area contributed by atoms with E-state index >= 15 is 0 Å². The van der Waals surface area contributed by atoms with Gasteiger partial charge in [-0.1, -0.05) is 30.3 Å². The molecule has 1 aromatic carbocycles. The van der Waals surface area contributed by atoms with Gasteiger partial charge in [0.25, 0.3) is 0 Å². The van der Waals surface area contributed by atoms with Gasteiger partial charge < -0.3 is 15.4 Å². The molecule has 6 heteroatoms. The van der Waals surface area contributed by atoms with Crippen molar-refractivity contribution in [3.8, 4) is 0 Å². The highest BCUT2D eigenvalue weighted by atomic mass is 16.5. The van der Waals surface area contributed by atoms with Crippen LogP contribution in [0.1, 0.15) is 30.1 Å². The first-order valence-electron chi connectivity index (χ1n) is 8.23. The van der Waals surface area contributed by atoms with Crippen LogP contribution < -0.4 is 10.6 Å². The number of rotatable bonds is 6. The smallest absolute Gasteiger partial charge is 0.315 e. The first-order valence-corrected chi connectivity index (χ1v) is 8.23. The van der Waals surface area contributed by atoms with E-state index in [2.05, 4.69) is 20.6 Å². The number of hydrogen-bond acceptors (Lipinski definition) is 4. The van der Waals surface area contributed by atoms with Crippen LogP contribution in [0.2, 0.25) is 0 Å². The van der Waals surface area contributed by atoms with Crippen LogP contribution in [0.4, 0.5) is 4.79 Å². The van der Waals surface area contributed by atoms with Crippen LogP contribution in [0.25, 0.3) is 0 Å². The van der Waals surface area contributed by atoms with E-state index in [1.807, 2.05) is 30.3 Å². The summed E-state index contributed by atoms with van der Waals surface area (Å²) in [5.74, 6) is 0.484. The molecule has 1 aliphatic heterocycles.